The third kappa shape index (κ3) is 3.16. The molecule has 0 amide bonds. The minimum Gasteiger partial charge on any atom is -0.289 e. The molecule has 0 aromatic heterocycles. The van der Waals surface area contributed by atoms with Crippen LogP contribution in [0.15, 0.2) is 17.1 Å². The summed E-state index contributed by atoms with van der Waals surface area (Å²) in [6, 6.07) is 0. The summed E-state index contributed by atoms with van der Waals surface area (Å²) in [5.41, 5.74) is 0.0316. The summed E-state index contributed by atoms with van der Waals surface area (Å²) in [6.45, 7) is 11.8. The first kappa shape index (κ1) is 14.9. The van der Waals surface area contributed by atoms with Crippen LogP contribution in [0.5, 0.6) is 0 Å². The maximum Gasteiger partial charge on any atom is 0.144 e. The van der Waals surface area contributed by atoms with Gasteiger partial charge in [0.05, 0.1) is 10.3 Å². The van der Waals surface area contributed by atoms with Gasteiger partial charge >= 0.3 is 0 Å². The van der Waals surface area contributed by atoms with Crippen LogP contribution in [0.2, 0.25) is 0 Å². The Kier molecular flexibility index (Phi) is 4.31. The molecule has 3 aliphatic rings. The van der Waals surface area contributed by atoms with Gasteiger partial charge in [0.2, 0.25) is 0 Å². The van der Waals surface area contributed by atoms with E-state index >= 15 is 0 Å². The van der Waals surface area contributed by atoms with Gasteiger partial charge in [-0.15, -0.1) is 6.58 Å². The van der Waals surface area contributed by atoms with Crippen molar-refractivity contribution in [1.82, 2.24) is 4.90 Å². The van der Waals surface area contributed by atoms with E-state index in [1.807, 2.05) is 33.1 Å². The molecule has 1 saturated carbocycles. The van der Waals surface area contributed by atoms with Crippen molar-refractivity contribution in [2.45, 2.75) is 56.7 Å². The maximum atomic E-state index is 12.1. The highest BCUT2D eigenvalue weighted by molar-refractivity contribution is 7.85. The lowest BCUT2D eigenvalue weighted by Crippen LogP contribution is -2.59. The van der Waals surface area contributed by atoms with E-state index in [-0.39, 0.29) is 10.3 Å². The topological polar surface area (TPSA) is 32.7 Å². The molecular formula is C15H26N2OS. The van der Waals surface area contributed by atoms with Gasteiger partial charge in [-0.3, -0.25) is 4.90 Å². The van der Waals surface area contributed by atoms with Crippen LogP contribution in [0.1, 0.15) is 46.5 Å². The Morgan fingerprint density at radius 1 is 1.42 bits per heavy atom. The molecule has 3 rings (SSSR count). The number of hydrogen-bond acceptors (Lipinski definition) is 2. The molecule has 19 heavy (non-hydrogen) atoms. The fourth-order valence-corrected chi connectivity index (χ4v) is 3.70. The highest BCUT2D eigenvalue weighted by atomic mass is 32.2. The fourth-order valence-electron chi connectivity index (χ4n) is 3.10. The minimum atomic E-state index is -1.15. The van der Waals surface area contributed by atoms with Gasteiger partial charge in [0.25, 0.3) is 0 Å². The molecule has 0 N–H and O–H groups in total. The number of hydrogen-bond donors (Lipinski definition) is 0. The van der Waals surface area contributed by atoms with Crippen LogP contribution in [0.4, 0.5) is 0 Å². The van der Waals surface area contributed by atoms with Gasteiger partial charge in [-0.05, 0) is 52.4 Å². The Morgan fingerprint density at radius 2 is 2.05 bits per heavy atom. The summed E-state index contributed by atoms with van der Waals surface area (Å²) in [5, 5.41) is 0. The quantitative estimate of drug-likeness (QED) is 0.586. The summed E-state index contributed by atoms with van der Waals surface area (Å²) >= 11 is 0. The standard InChI is InChI=1S/C15H26N2OS/c1-5-10-17-11-13-6-8-15(17,9-7-13)12-16-19(18)14(2,3)4/h5,12-13H,1,6-11H2,2-4H3/t13?,15?,19-/m0/s1. The Morgan fingerprint density at radius 3 is 2.58 bits per heavy atom. The predicted octanol–water partition coefficient (Wildman–Crippen LogP) is 2.95. The van der Waals surface area contributed by atoms with Crippen molar-refractivity contribution in [2.24, 2.45) is 10.3 Å². The lowest BCUT2D eigenvalue weighted by Gasteiger charge is -2.52. The number of piperidine rings is 2. The van der Waals surface area contributed by atoms with E-state index in [0.717, 1.165) is 31.8 Å². The third-order valence-corrected chi connectivity index (χ3v) is 5.69. The van der Waals surface area contributed by atoms with Gasteiger partial charge in [0.15, 0.2) is 0 Å². The van der Waals surface area contributed by atoms with Crippen LogP contribution in [-0.4, -0.2) is 38.7 Å². The SMILES string of the molecule is C=CCN1CC2CCC1(C=N[S@@](=O)C(C)(C)C)CC2. The van der Waals surface area contributed by atoms with Crippen molar-refractivity contribution in [3.05, 3.63) is 12.7 Å². The molecule has 0 aromatic carbocycles. The molecule has 0 aromatic rings. The zero-order chi connectivity index (χ0) is 14.1. The van der Waals surface area contributed by atoms with Gasteiger partial charge in [-0.2, -0.15) is 4.40 Å². The zero-order valence-corrected chi connectivity index (χ0v) is 13.2. The first-order valence-electron chi connectivity index (χ1n) is 7.20. The minimum absolute atomic E-state index is 0.0316. The molecule has 2 aliphatic heterocycles. The molecule has 2 saturated heterocycles. The molecule has 108 valence electrons. The number of fused-ring (bicyclic) bond motifs is 3. The largest absolute Gasteiger partial charge is 0.289 e. The number of rotatable bonds is 4. The lowest BCUT2D eigenvalue weighted by atomic mass is 9.71. The molecule has 4 heteroatoms. The van der Waals surface area contributed by atoms with Gasteiger partial charge in [-0.1, -0.05) is 6.08 Å². The van der Waals surface area contributed by atoms with Gasteiger partial charge < -0.3 is 0 Å². The van der Waals surface area contributed by atoms with E-state index in [1.54, 1.807) is 0 Å². The second kappa shape index (κ2) is 5.49. The van der Waals surface area contributed by atoms with Crippen LogP contribution in [0.25, 0.3) is 0 Å². The predicted molar refractivity (Wildman–Crippen MR) is 82.8 cm³/mol. The smallest absolute Gasteiger partial charge is 0.144 e. The molecule has 1 atom stereocenters. The molecule has 2 bridgehead atoms. The summed E-state index contributed by atoms with van der Waals surface area (Å²) in [6.07, 6.45) is 8.82. The summed E-state index contributed by atoms with van der Waals surface area (Å²) < 4.78 is 16.2. The molecule has 0 spiro atoms. The van der Waals surface area contributed by atoms with E-state index in [1.165, 1.54) is 12.8 Å². The first-order chi connectivity index (χ1) is 8.87. The van der Waals surface area contributed by atoms with Crippen LogP contribution >= 0.6 is 0 Å². The van der Waals surface area contributed by atoms with Crippen LogP contribution in [0.3, 0.4) is 0 Å². The second-order valence-electron chi connectivity index (χ2n) is 6.84. The van der Waals surface area contributed by atoms with E-state index in [4.69, 9.17) is 0 Å². The average Bonchev–Trinajstić information content (AvgIpc) is 2.37. The Hall–Kier alpha value is -0.480. The van der Waals surface area contributed by atoms with Crippen molar-refractivity contribution in [1.29, 1.82) is 0 Å². The Labute approximate surface area is 119 Å². The summed E-state index contributed by atoms with van der Waals surface area (Å²) in [7, 11) is -1.15. The molecule has 0 radical (unpaired) electrons. The van der Waals surface area contributed by atoms with Gasteiger partial charge in [-0.25, -0.2) is 4.21 Å². The molecule has 3 fully saturated rings. The maximum absolute atomic E-state index is 12.1. The van der Waals surface area contributed by atoms with Crippen molar-refractivity contribution in [3.63, 3.8) is 0 Å². The molecule has 3 nitrogen and oxygen atoms in total. The molecular weight excluding hydrogens is 256 g/mol. The van der Waals surface area contributed by atoms with E-state index in [2.05, 4.69) is 15.9 Å². The van der Waals surface area contributed by atoms with Crippen LogP contribution in [0, 0.1) is 5.92 Å². The molecule has 0 unspecified atom stereocenters. The van der Waals surface area contributed by atoms with Gasteiger partial charge in [0, 0.05) is 19.3 Å². The zero-order valence-electron chi connectivity index (χ0n) is 12.4. The van der Waals surface area contributed by atoms with E-state index in [0.29, 0.717) is 0 Å². The van der Waals surface area contributed by atoms with Crippen LogP contribution < -0.4 is 0 Å². The van der Waals surface area contributed by atoms with Crippen molar-refractivity contribution < 1.29 is 4.21 Å². The monoisotopic (exact) mass is 282 g/mol. The Bertz CT molecular complexity index is 389. The van der Waals surface area contributed by atoms with Crippen molar-refractivity contribution in [2.75, 3.05) is 13.1 Å². The van der Waals surface area contributed by atoms with Gasteiger partial charge in [0.1, 0.15) is 11.0 Å². The normalized spacial score (nSPS) is 33.7. The van der Waals surface area contributed by atoms with Crippen LogP contribution in [-0.2, 0) is 11.0 Å². The van der Waals surface area contributed by atoms with Crippen molar-refractivity contribution >= 4 is 17.2 Å². The third-order valence-electron chi connectivity index (χ3n) is 4.34. The van der Waals surface area contributed by atoms with Crippen molar-refractivity contribution in [3.8, 4) is 0 Å². The van der Waals surface area contributed by atoms with E-state index < -0.39 is 11.0 Å². The average molecular weight is 282 g/mol. The van der Waals surface area contributed by atoms with E-state index in [9.17, 15) is 4.21 Å². The highest BCUT2D eigenvalue weighted by Crippen LogP contribution is 2.42. The lowest BCUT2D eigenvalue weighted by molar-refractivity contribution is 0.0234. The fraction of sp³-hybridized carbons (Fsp3) is 0.800. The first-order valence-corrected chi connectivity index (χ1v) is 8.31. The number of nitrogens with zero attached hydrogens (tertiary/aromatic N) is 2. The molecule has 2 heterocycles. The molecule has 1 aliphatic carbocycles. The second-order valence-corrected chi connectivity index (χ2v) is 8.77. The highest BCUT2D eigenvalue weighted by Gasteiger charge is 2.44. The summed E-state index contributed by atoms with van der Waals surface area (Å²) in [5.74, 6) is 0.836. The summed E-state index contributed by atoms with van der Waals surface area (Å²) in [4.78, 5) is 2.47. The Balaban J connectivity index is 2.16.